The molecule has 2 rings (SSSR count). The number of carbonyl (C=O) groups is 1. The van der Waals surface area contributed by atoms with Crippen molar-refractivity contribution in [1.29, 1.82) is 0 Å². The zero-order chi connectivity index (χ0) is 14.6. The highest BCUT2D eigenvalue weighted by atomic mass is 35.5. The van der Waals surface area contributed by atoms with E-state index < -0.39 is 0 Å². The Kier molecular flexibility index (Phi) is 6.58. The standard InChI is InChI=1S/C15H22FN3O.ClH/c1-15(6-7-17-10-15)11-19(2)9-14(20)18-13-5-3-4-12(16)8-13;/h3-5,8,17H,6-7,9-11H2,1-2H3,(H,18,20);1H. The summed E-state index contributed by atoms with van der Waals surface area (Å²) < 4.78 is 13.0. The third-order valence-electron chi connectivity index (χ3n) is 3.63. The summed E-state index contributed by atoms with van der Waals surface area (Å²) in [6.07, 6.45) is 1.13. The lowest BCUT2D eigenvalue weighted by atomic mass is 9.89. The number of carbonyl (C=O) groups excluding carboxylic acids is 1. The molecular formula is C15H23ClFN3O. The van der Waals surface area contributed by atoms with Crippen LogP contribution in [0.3, 0.4) is 0 Å². The Morgan fingerprint density at radius 2 is 2.29 bits per heavy atom. The maximum atomic E-state index is 13.0. The van der Waals surface area contributed by atoms with Crippen LogP contribution in [0.2, 0.25) is 0 Å². The Labute approximate surface area is 131 Å². The van der Waals surface area contributed by atoms with Gasteiger partial charge in [-0.2, -0.15) is 0 Å². The molecule has 0 aromatic heterocycles. The van der Waals surface area contributed by atoms with E-state index in [0.29, 0.717) is 12.2 Å². The van der Waals surface area contributed by atoms with E-state index >= 15 is 0 Å². The van der Waals surface area contributed by atoms with Gasteiger partial charge in [-0.3, -0.25) is 9.69 Å². The van der Waals surface area contributed by atoms with Crippen molar-refractivity contribution in [3.8, 4) is 0 Å². The van der Waals surface area contributed by atoms with Crippen LogP contribution in [0.25, 0.3) is 0 Å². The average Bonchev–Trinajstić information content (AvgIpc) is 2.74. The number of amides is 1. The van der Waals surface area contributed by atoms with Crippen LogP contribution in [0.15, 0.2) is 24.3 Å². The van der Waals surface area contributed by atoms with Crippen molar-refractivity contribution < 1.29 is 9.18 Å². The molecule has 6 heteroatoms. The maximum Gasteiger partial charge on any atom is 0.238 e. The molecule has 1 fully saturated rings. The molecule has 0 aliphatic carbocycles. The fraction of sp³-hybridized carbons (Fsp3) is 0.533. The summed E-state index contributed by atoms with van der Waals surface area (Å²) in [5, 5.41) is 6.06. The number of hydrogen-bond acceptors (Lipinski definition) is 3. The van der Waals surface area contributed by atoms with Crippen LogP contribution in [-0.2, 0) is 4.79 Å². The highest BCUT2D eigenvalue weighted by Crippen LogP contribution is 2.25. The molecule has 2 N–H and O–H groups in total. The second-order valence-corrected chi connectivity index (χ2v) is 5.97. The summed E-state index contributed by atoms with van der Waals surface area (Å²) >= 11 is 0. The lowest BCUT2D eigenvalue weighted by Gasteiger charge is -2.28. The summed E-state index contributed by atoms with van der Waals surface area (Å²) in [6.45, 7) is 5.44. The zero-order valence-electron chi connectivity index (χ0n) is 12.5. The summed E-state index contributed by atoms with van der Waals surface area (Å²) in [6, 6.07) is 5.94. The number of anilines is 1. The minimum Gasteiger partial charge on any atom is -0.325 e. The van der Waals surface area contributed by atoms with Gasteiger partial charge in [0.15, 0.2) is 0 Å². The predicted molar refractivity (Wildman–Crippen MR) is 85.4 cm³/mol. The van der Waals surface area contributed by atoms with Crippen LogP contribution < -0.4 is 10.6 Å². The van der Waals surface area contributed by atoms with Gasteiger partial charge in [0.25, 0.3) is 0 Å². The molecule has 118 valence electrons. The minimum absolute atomic E-state index is 0. The topological polar surface area (TPSA) is 44.4 Å². The van der Waals surface area contributed by atoms with E-state index in [9.17, 15) is 9.18 Å². The molecule has 1 saturated heterocycles. The van der Waals surface area contributed by atoms with Gasteiger partial charge in [-0.25, -0.2) is 4.39 Å². The van der Waals surface area contributed by atoms with Gasteiger partial charge < -0.3 is 10.6 Å². The largest absolute Gasteiger partial charge is 0.325 e. The molecule has 1 aromatic carbocycles. The monoisotopic (exact) mass is 315 g/mol. The molecule has 21 heavy (non-hydrogen) atoms. The van der Waals surface area contributed by atoms with Crippen molar-refractivity contribution in [2.45, 2.75) is 13.3 Å². The first-order chi connectivity index (χ1) is 9.47. The average molecular weight is 316 g/mol. The molecule has 1 unspecified atom stereocenters. The quantitative estimate of drug-likeness (QED) is 0.875. The Hall–Kier alpha value is -1.17. The van der Waals surface area contributed by atoms with E-state index in [1.807, 2.05) is 11.9 Å². The SMILES string of the molecule is CN(CC(=O)Nc1cccc(F)c1)CC1(C)CCNC1.Cl. The summed E-state index contributed by atoms with van der Waals surface area (Å²) in [4.78, 5) is 13.9. The van der Waals surface area contributed by atoms with Crippen molar-refractivity contribution in [1.82, 2.24) is 10.2 Å². The fourth-order valence-corrected chi connectivity index (χ4v) is 2.72. The molecule has 1 atom stereocenters. The van der Waals surface area contributed by atoms with Crippen LogP contribution >= 0.6 is 12.4 Å². The molecule has 1 heterocycles. The Morgan fingerprint density at radius 1 is 1.52 bits per heavy atom. The van der Waals surface area contributed by atoms with E-state index in [1.54, 1.807) is 12.1 Å². The molecule has 4 nitrogen and oxygen atoms in total. The van der Waals surface area contributed by atoms with Gasteiger partial charge in [-0.05, 0) is 43.6 Å². The number of hydrogen-bond donors (Lipinski definition) is 2. The lowest BCUT2D eigenvalue weighted by Crippen LogP contribution is -2.39. The summed E-state index contributed by atoms with van der Waals surface area (Å²) in [5.41, 5.74) is 0.727. The molecule has 1 aliphatic heterocycles. The number of nitrogens with zero attached hydrogens (tertiary/aromatic N) is 1. The van der Waals surface area contributed by atoms with Gasteiger partial charge in [-0.15, -0.1) is 12.4 Å². The van der Waals surface area contributed by atoms with Crippen molar-refractivity contribution in [2.24, 2.45) is 5.41 Å². The molecule has 0 bridgehead atoms. The zero-order valence-corrected chi connectivity index (χ0v) is 13.3. The number of rotatable bonds is 5. The second-order valence-electron chi connectivity index (χ2n) is 5.97. The minimum atomic E-state index is -0.347. The number of benzene rings is 1. The van der Waals surface area contributed by atoms with Crippen LogP contribution in [0.4, 0.5) is 10.1 Å². The van der Waals surface area contributed by atoms with Gasteiger partial charge in [0, 0.05) is 18.8 Å². The Bertz CT molecular complexity index is 478. The normalized spacial score (nSPS) is 21.1. The Morgan fingerprint density at radius 3 is 2.90 bits per heavy atom. The molecule has 1 aliphatic rings. The molecule has 0 radical (unpaired) electrons. The van der Waals surface area contributed by atoms with E-state index in [2.05, 4.69) is 17.6 Å². The van der Waals surface area contributed by atoms with Gasteiger partial charge in [0.2, 0.25) is 5.91 Å². The Balaban J connectivity index is 0.00000220. The van der Waals surface area contributed by atoms with E-state index in [1.165, 1.54) is 12.1 Å². The fourth-order valence-electron chi connectivity index (χ4n) is 2.72. The van der Waals surface area contributed by atoms with Gasteiger partial charge in [0.1, 0.15) is 5.82 Å². The third kappa shape index (κ3) is 5.61. The van der Waals surface area contributed by atoms with E-state index in [0.717, 1.165) is 26.1 Å². The van der Waals surface area contributed by atoms with Crippen LogP contribution in [0.1, 0.15) is 13.3 Å². The molecule has 1 amide bonds. The van der Waals surface area contributed by atoms with Crippen molar-refractivity contribution >= 4 is 24.0 Å². The van der Waals surface area contributed by atoms with Gasteiger partial charge in [-0.1, -0.05) is 13.0 Å². The van der Waals surface area contributed by atoms with Crippen LogP contribution in [0, 0.1) is 11.2 Å². The number of likely N-dealkylation sites (N-methyl/N-ethyl adjacent to an activating group) is 1. The highest BCUT2D eigenvalue weighted by molar-refractivity contribution is 5.92. The first-order valence-corrected chi connectivity index (χ1v) is 6.92. The van der Waals surface area contributed by atoms with E-state index in [4.69, 9.17) is 0 Å². The summed E-state index contributed by atoms with van der Waals surface area (Å²) in [5.74, 6) is -0.464. The highest BCUT2D eigenvalue weighted by Gasteiger charge is 2.29. The second kappa shape index (κ2) is 7.73. The lowest BCUT2D eigenvalue weighted by molar-refractivity contribution is -0.117. The molecule has 1 aromatic rings. The third-order valence-corrected chi connectivity index (χ3v) is 3.63. The van der Waals surface area contributed by atoms with Crippen molar-refractivity contribution in [3.05, 3.63) is 30.1 Å². The number of nitrogens with one attached hydrogen (secondary N) is 2. The van der Waals surface area contributed by atoms with E-state index in [-0.39, 0.29) is 29.5 Å². The van der Waals surface area contributed by atoms with Gasteiger partial charge in [0.05, 0.1) is 6.54 Å². The van der Waals surface area contributed by atoms with Crippen molar-refractivity contribution in [2.75, 3.05) is 38.5 Å². The smallest absolute Gasteiger partial charge is 0.238 e. The molecule has 0 saturated carbocycles. The first-order valence-electron chi connectivity index (χ1n) is 6.92. The maximum absolute atomic E-state index is 13.0. The van der Waals surface area contributed by atoms with Crippen LogP contribution in [0.5, 0.6) is 0 Å². The molecular weight excluding hydrogens is 293 g/mol. The van der Waals surface area contributed by atoms with Crippen LogP contribution in [-0.4, -0.2) is 44.0 Å². The summed E-state index contributed by atoms with van der Waals surface area (Å²) in [7, 11) is 1.94. The predicted octanol–water partition coefficient (Wildman–Crippen LogP) is 2.12. The van der Waals surface area contributed by atoms with Gasteiger partial charge >= 0.3 is 0 Å². The van der Waals surface area contributed by atoms with Crippen molar-refractivity contribution in [3.63, 3.8) is 0 Å². The first kappa shape index (κ1) is 17.9. The molecule has 0 spiro atoms. The number of halogens is 2.